The van der Waals surface area contributed by atoms with E-state index in [2.05, 4.69) is 10.1 Å². The van der Waals surface area contributed by atoms with E-state index in [1.54, 1.807) is 13.8 Å². The quantitative estimate of drug-likeness (QED) is 0.348. The van der Waals surface area contributed by atoms with E-state index < -0.39 is 57.3 Å². The molecule has 4 unspecified atom stereocenters. The molecule has 1 saturated heterocycles. The summed E-state index contributed by atoms with van der Waals surface area (Å²) in [5, 5.41) is 20.5. The number of hydrogen-bond donors (Lipinski definition) is 4. The van der Waals surface area contributed by atoms with Crippen LogP contribution < -0.4 is 11.1 Å². The van der Waals surface area contributed by atoms with Crippen molar-refractivity contribution in [1.29, 1.82) is 0 Å². The molecular weight excluding hydrogens is 486 g/mol. The standard InChI is InChI=1S/C21H25N3O8S2/c1-3-14(34(31)13-6-4-12(25)5-7-13)10(2)17(26)23-15-18(27)24-16(20(28)29)11(8-32-21(22)30)9-33-19(15)24/h4-7,10,14-15,19,25H,3,8-9H2,1-2H3,(H2,22,30)(H,23,26)(H,28,29)/t10?,14?,15?,19-,34?/m1/s1. The number of hydrogen-bond acceptors (Lipinski definition) is 8. The third-order valence-corrected chi connectivity index (χ3v) is 9.02. The first-order valence-electron chi connectivity index (χ1n) is 10.4. The fourth-order valence-corrected chi connectivity index (χ4v) is 6.73. The van der Waals surface area contributed by atoms with Gasteiger partial charge in [0.25, 0.3) is 5.91 Å². The zero-order valence-corrected chi connectivity index (χ0v) is 20.1. The Hall–Kier alpha value is -3.06. The van der Waals surface area contributed by atoms with Crippen LogP contribution in [0.2, 0.25) is 0 Å². The van der Waals surface area contributed by atoms with Crippen molar-refractivity contribution in [3.8, 4) is 5.75 Å². The van der Waals surface area contributed by atoms with Crippen LogP contribution in [-0.2, 0) is 29.9 Å². The Morgan fingerprint density at radius 3 is 2.53 bits per heavy atom. The third kappa shape index (κ3) is 5.04. The van der Waals surface area contributed by atoms with E-state index in [1.165, 1.54) is 36.0 Å². The average Bonchev–Trinajstić information content (AvgIpc) is 2.80. The van der Waals surface area contributed by atoms with Gasteiger partial charge in [0.15, 0.2) is 0 Å². The average molecular weight is 512 g/mol. The number of β-lactam (4-membered cyclic amide) rings is 1. The smallest absolute Gasteiger partial charge is 0.404 e. The van der Waals surface area contributed by atoms with E-state index in [-0.39, 0.29) is 29.4 Å². The van der Waals surface area contributed by atoms with Crippen LogP contribution in [-0.4, -0.2) is 72.2 Å². The Bertz CT molecular complexity index is 1060. The number of benzene rings is 1. The molecule has 1 aromatic carbocycles. The maximum atomic E-state index is 13.0. The molecule has 5 atom stereocenters. The summed E-state index contributed by atoms with van der Waals surface area (Å²) in [5.74, 6) is -2.91. The van der Waals surface area contributed by atoms with Crippen molar-refractivity contribution >= 4 is 46.4 Å². The molecule has 13 heteroatoms. The van der Waals surface area contributed by atoms with E-state index in [0.717, 1.165) is 4.90 Å². The number of carbonyl (C=O) groups is 4. The van der Waals surface area contributed by atoms with Crippen LogP contribution in [0.4, 0.5) is 4.79 Å². The summed E-state index contributed by atoms with van der Waals surface area (Å²) in [5.41, 5.74) is 4.89. The number of amides is 3. The second-order valence-electron chi connectivity index (χ2n) is 7.79. The number of primary amides is 1. The molecule has 1 aromatic rings. The van der Waals surface area contributed by atoms with Crippen LogP contribution in [0.5, 0.6) is 5.75 Å². The van der Waals surface area contributed by atoms with Crippen LogP contribution in [0.15, 0.2) is 40.4 Å². The highest BCUT2D eigenvalue weighted by atomic mass is 32.2. The molecule has 184 valence electrons. The second kappa shape index (κ2) is 10.5. The lowest BCUT2D eigenvalue weighted by Crippen LogP contribution is -2.71. The Balaban J connectivity index is 1.70. The monoisotopic (exact) mass is 511 g/mol. The topological polar surface area (TPSA) is 176 Å². The first-order chi connectivity index (χ1) is 16.1. The minimum atomic E-state index is -1.53. The van der Waals surface area contributed by atoms with Crippen molar-refractivity contribution in [1.82, 2.24) is 10.2 Å². The number of aromatic hydroxyl groups is 1. The lowest BCUT2D eigenvalue weighted by Gasteiger charge is -2.49. The zero-order valence-electron chi connectivity index (χ0n) is 18.4. The number of fused-ring (bicyclic) bond motifs is 1. The fraction of sp³-hybridized carbons (Fsp3) is 0.429. The number of carboxylic acid groups (broad SMARTS) is 1. The molecule has 0 spiro atoms. The Labute approximate surface area is 202 Å². The zero-order chi connectivity index (χ0) is 25.2. The minimum Gasteiger partial charge on any atom is -0.508 e. The predicted molar refractivity (Wildman–Crippen MR) is 123 cm³/mol. The molecule has 2 heterocycles. The Morgan fingerprint density at radius 1 is 1.32 bits per heavy atom. The number of ether oxygens (including phenoxy) is 1. The summed E-state index contributed by atoms with van der Waals surface area (Å²) in [6.07, 6.45) is -0.631. The van der Waals surface area contributed by atoms with Crippen LogP contribution in [0.1, 0.15) is 20.3 Å². The number of phenols is 1. The molecule has 5 N–H and O–H groups in total. The van der Waals surface area contributed by atoms with Gasteiger partial charge in [0.05, 0.1) is 16.0 Å². The highest BCUT2D eigenvalue weighted by Crippen LogP contribution is 2.40. The third-order valence-electron chi connectivity index (χ3n) is 5.65. The minimum absolute atomic E-state index is 0.0387. The fourth-order valence-electron chi connectivity index (χ4n) is 3.85. The number of thioether (sulfide) groups is 1. The van der Waals surface area contributed by atoms with E-state index >= 15 is 0 Å². The highest BCUT2D eigenvalue weighted by molar-refractivity contribution is 8.00. The van der Waals surface area contributed by atoms with Gasteiger partial charge in [-0.2, -0.15) is 0 Å². The van der Waals surface area contributed by atoms with Gasteiger partial charge in [0, 0.05) is 22.1 Å². The van der Waals surface area contributed by atoms with E-state index in [0.29, 0.717) is 11.3 Å². The van der Waals surface area contributed by atoms with Gasteiger partial charge in [-0.3, -0.25) is 18.7 Å². The molecule has 3 amide bonds. The van der Waals surface area contributed by atoms with Crippen molar-refractivity contribution in [3.63, 3.8) is 0 Å². The van der Waals surface area contributed by atoms with E-state index in [4.69, 9.17) is 5.73 Å². The summed E-state index contributed by atoms with van der Waals surface area (Å²) in [6, 6.07) is 4.97. The first kappa shape index (κ1) is 25.6. The van der Waals surface area contributed by atoms with Crippen LogP contribution >= 0.6 is 11.8 Å². The molecule has 1 fully saturated rings. The summed E-state index contributed by atoms with van der Waals surface area (Å²) < 4.78 is 17.7. The lowest BCUT2D eigenvalue weighted by atomic mass is 10.00. The number of carbonyl (C=O) groups excluding carboxylic acids is 3. The van der Waals surface area contributed by atoms with Crippen molar-refractivity contribution in [2.75, 3.05) is 12.4 Å². The van der Waals surface area contributed by atoms with E-state index in [1.807, 2.05) is 0 Å². The number of phenolic OH excluding ortho intramolecular Hbond substituents is 1. The largest absolute Gasteiger partial charge is 0.508 e. The molecule has 34 heavy (non-hydrogen) atoms. The molecule has 0 aliphatic carbocycles. The van der Waals surface area contributed by atoms with Gasteiger partial charge in [-0.15, -0.1) is 11.8 Å². The van der Waals surface area contributed by atoms with Gasteiger partial charge in [-0.25, -0.2) is 9.59 Å². The van der Waals surface area contributed by atoms with Crippen molar-refractivity contribution in [3.05, 3.63) is 35.5 Å². The Morgan fingerprint density at radius 2 is 1.97 bits per heavy atom. The van der Waals surface area contributed by atoms with E-state index in [9.17, 15) is 33.6 Å². The molecule has 0 aromatic heterocycles. The van der Waals surface area contributed by atoms with Crippen LogP contribution in [0, 0.1) is 5.92 Å². The molecule has 0 saturated carbocycles. The summed E-state index contributed by atoms with van der Waals surface area (Å²) in [4.78, 5) is 49.9. The number of carboxylic acids is 1. The molecular formula is C21H25N3O8S2. The molecule has 0 bridgehead atoms. The molecule has 11 nitrogen and oxygen atoms in total. The normalized spacial score (nSPS) is 22.2. The van der Waals surface area contributed by atoms with Gasteiger partial charge >= 0.3 is 12.1 Å². The van der Waals surface area contributed by atoms with Gasteiger partial charge in [0.1, 0.15) is 29.5 Å². The van der Waals surface area contributed by atoms with Gasteiger partial charge in [-0.1, -0.05) is 13.8 Å². The van der Waals surface area contributed by atoms with Gasteiger partial charge in [-0.05, 0) is 30.7 Å². The summed E-state index contributed by atoms with van der Waals surface area (Å²) in [6.45, 7) is 3.08. The highest BCUT2D eigenvalue weighted by Gasteiger charge is 2.54. The first-order valence-corrected chi connectivity index (χ1v) is 12.6. The predicted octanol–water partition coefficient (Wildman–Crippen LogP) is 0.748. The summed E-state index contributed by atoms with van der Waals surface area (Å²) >= 11 is 1.23. The maximum Gasteiger partial charge on any atom is 0.404 e. The lowest BCUT2D eigenvalue weighted by molar-refractivity contribution is -0.151. The molecule has 2 aliphatic heterocycles. The second-order valence-corrected chi connectivity index (χ2v) is 10.6. The number of rotatable bonds is 9. The SMILES string of the molecule is CCC(C(C)C(=O)NC1C(=O)N2C(C(=O)O)=C(COC(N)=O)CS[C@H]12)S(=O)c1ccc(O)cc1. The van der Waals surface area contributed by atoms with Crippen molar-refractivity contribution in [2.45, 2.75) is 41.8 Å². The summed E-state index contributed by atoms with van der Waals surface area (Å²) in [7, 11) is -1.53. The van der Waals surface area contributed by atoms with Crippen LogP contribution in [0.3, 0.4) is 0 Å². The molecule has 3 rings (SSSR count). The van der Waals surface area contributed by atoms with Crippen molar-refractivity contribution in [2.24, 2.45) is 11.7 Å². The van der Waals surface area contributed by atoms with Crippen molar-refractivity contribution < 1.29 is 38.3 Å². The Kier molecular flexibility index (Phi) is 7.87. The number of nitrogens with one attached hydrogen (secondary N) is 1. The van der Waals surface area contributed by atoms with Crippen LogP contribution in [0.25, 0.3) is 0 Å². The molecule has 2 aliphatic rings. The number of nitrogens with zero attached hydrogens (tertiary/aromatic N) is 1. The maximum absolute atomic E-state index is 13.0. The number of aliphatic carboxylic acids is 1. The van der Waals surface area contributed by atoms with Gasteiger partial charge < -0.3 is 26.0 Å². The number of nitrogens with two attached hydrogens (primary N) is 1. The molecule has 0 radical (unpaired) electrons. The van der Waals surface area contributed by atoms with Gasteiger partial charge in [0.2, 0.25) is 5.91 Å².